The molecule has 0 saturated heterocycles. The highest BCUT2D eigenvalue weighted by Crippen LogP contribution is 2.30. The van der Waals surface area contributed by atoms with Crippen LogP contribution in [0, 0.1) is 5.82 Å². The summed E-state index contributed by atoms with van der Waals surface area (Å²) in [4.78, 5) is 27.9. The Labute approximate surface area is 212 Å². The largest absolute Gasteiger partial charge is 0.492 e. The van der Waals surface area contributed by atoms with Crippen LogP contribution in [0.1, 0.15) is 45.1 Å². The van der Waals surface area contributed by atoms with Gasteiger partial charge in [0, 0.05) is 18.2 Å². The van der Waals surface area contributed by atoms with Gasteiger partial charge in [0.15, 0.2) is 0 Å². The number of halogens is 1. The summed E-state index contributed by atoms with van der Waals surface area (Å²) in [7, 11) is -3.90. The number of amides is 2. The van der Waals surface area contributed by atoms with Crippen molar-refractivity contribution in [2.45, 2.75) is 58.2 Å². The van der Waals surface area contributed by atoms with Crippen LogP contribution in [0.15, 0.2) is 48.5 Å². The quantitative estimate of drug-likeness (QED) is 0.491. The molecule has 2 aromatic rings. The minimum atomic E-state index is -3.90. The van der Waals surface area contributed by atoms with E-state index < -0.39 is 34.3 Å². The number of rotatable bonds is 11. The van der Waals surface area contributed by atoms with Gasteiger partial charge in [-0.1, -0.05) is 43.2 Å². The van der Waals surface area contributed by atoms with E-state index in [2.05, 4.69) is 5.32 Å². The average Bonchev–Trinajstić information content (AvgIpc) is 3.34. The molecule has 0 spiro atoms. The molecule has 0 aromatic heterocycles. The third-order valence-electron chi connectivity index (χ3n) is 6.28. The summed E-state index contributed by atoms with van der Waals surface area (Å²) in [6.07, 6.45) is 4.80. The van der Waals surface area contributed by atoms with Gasteiger partial charge in [-0.2, -0.15) is 0 Å². The maximum atomic E-state index is 14.5. The number of benzene rings is 2. The van der Waals surface area contributed by atoms with Gasteiger partial charge in [-0.15, -0.1) is 0 Å². The molecule has 0 heterocycles. The first-order valence-corrected chi connectivity index (χ1v) is 14.0. The summed E-state index contributed by atoms with van der Waals surface area (Å²) in [6, 6.07) is 11.6. The van der Waals surface area contributed by atoms with Crippen LogP contribution in [0.5, 0.6) is 5.75 Å². The third-order valence-corrected chi connectivity index (χ3v) is 7.41. The van der Waals surface area contributed by atoms with Gasteiger partial charge in [0.1, 0.15) is 24.2 Å². The molecule has 10 heteroatoms. The van der Waals surface area contributed by atoms with Crippen LogP contribution in [0.3, 0.4) is 0 Å². The molecule has 3 rings (SSSR count). The zero-order valence-corrected chi connectivity index (χ0v) is 21.8. The van der Waals surface area contributed by atoms with Gasteiger partial charge < -0.3 is 15.0 Å². The van der Waals surface area contributed by atoms with Crippen LogP contribution in [0.25, 0.3) is 0 Å². The second-order valence-corrected chi connectivity index (χ2v) is 10.9. The maximum Gasteiger partial charge on any atom is 0.244 e. The van der Waals surface area contributed by atoms with E-state index in [-0.39, 0.29) is 29.7 Å². The molecular formula is C26H34FN3O5S. The summed E-state index contributed by atoms with van der Waals surface area (Å²) >= 11 is 0. The van der Waals surface area contributed by atoms with Crippen LogP contribution in [0.2, 0.25) is 0 Å². The summed E-state index contributed by atoms with van der Waals surface area (Å²) in [5.41, 5.74) is 0.441. The molecule has 1 N–H and O–H groups in total. The Kier molecular flexibility index (Phi) is 9.31. The monoisotopic (exact) mass is 519 g/mol. The maximum absolute atomic E-state index is 14.5. The van der Waals surface area contributed by atoms with E-state index in [1.165, 1.54) is 23.1 Å². The number of hydrogen-bond donors (Lipinski definition) is 1. The van der Waals surface area contributed by atoms with E-state index in [9.17, 15) is 22.4 Å². The van der Waals surface area contributed by atoms with Crippen molar-refractivity contribution in [3.8, 4) is 5.75 Å². The van der Waals surface area contributed by atoms with Gasteiger partial charge in [-0.05, 0) is 44.9 Å². The van der Waals surface area contributed by atoms with Gasteiger partial charge in [0.2, 0.25) is 21.8 Å². The van der Waals surface area contributed by atoms with Crippen molar-refractivity contribution in [3.63, 3.8) is 0 Å². The van der Waals surface area contributed by atoms with Crippen molar-refractivity contribution in [1.29, 1.82) is 0 Å². The second-order valence-electron chi connectivity index (χ2n) is 8.95. The Bertz CT molecular complexity index is 1170. The van der Waals surface area contributed by atoms with Gasteiger partial charge in [-0.25, -0.2) is 12.8 Å². The Morgan fingerprint density at radius 2 is 1.75 bits per heavy atom. The van der Waals surface area contributed by atoms with Crippen molar-refractivity contribution in [3.05, 3.63) is 59.9 Å². The Morgan fingerprint density at radius 1 is 1.11 bits per heavy atom. The van der Waals surface area contributed by atoms with E-state index in [0.29, 0.717) is 12.4 Å². The number of hydrogen-bond acceptors (Lipinski definition) is 5. The van der Waals surface area contributed by atoms with Crippen LogP contribution in [0.4, 0.5) is 10.1 Å². The minimum Gasteiger partial charge on any atom is -0.492 e. The fourth-order valence-electron chi connectivity index (χ4n) is 4.32. The van der Waals surface area contributed by atoms with Gasteiger partial charge >= 0.3 is 0 Å². The summed E-state index contributed by atoms with van der Waals surface area (Å²) in [6.45, 7) is 2.89. The molecule has 0 aliphatic heterocycles. The lowest BCUT2D eigenvalue weighted by atomic mass is 10.1. The number of carbonyl (C=O) groups excluding carboxylic acids is 2. The first-order chi connectivity index (χ1) is 17.1. The third kappa shape index (κ3) is 6.96. The molecule has 1 aliphatic carbocycles. The number of nitrogens with zero attached hydrogens (tertiary/aromatic N) is 2. The van der Waals surface area contributed by atoms with Crippen molar-refractivity contribution in [1.82, 2.24) is 10.2 Å². The average molecular weight is 520 g/mol. The Hall–Kier alpha value is -3.14. The van der Waals surface area contributed by atoms with Gasteiger partial charge in [0.05, 0.1) is 18.6 Å². The van der Waals surface area contributed by atoms with E-state index in [1.807, 2.05) is 0 Å². The molecule has 8 nitrogen and oxygen atoms in total. The van der Waals surface area contributed by atoms with Crippen LogP contribution >= 0.6 is 0 Å². The highest BCUT2D eigenvalue weighted by Gasteiger charge is 2.32. The highest BCUT2D eigenvalue weighted by molar-refractivity contribution is 7.92. The number of para-hydroxylation sites is 2. The molecule has 2 amide bonds. The van der Waals surface area contributed by atoms with E-state index >= 15 is 0 Å². The number of anilines is 1. The molecule has 1 saturated carbocycles. The zero-order valence-electron chi connectivity index (χ0n) is 20.9. The second kappa shape index (κ2) is 12.2. The molecule has 1 unspecified atom stereocenters. The Morgan fingerprint density at radius 3 is 2.39 bits per heavy atom. The number of ether oxygens (including phenoxy) is 1. The van der Waals surface area contributed by atoms with E-state index in [1.54, 1.807) is 44.2 Å². The highest BCUT2D eigenvalue weighted by atomic mass is 32.2. The molecule has 0 bridgehead atoms. The number of sulfonamides is 1. The molecule has 1 atom stereocenters. The number of carbonyl (C=O) groups is 2. The molecule has 36 heavy (non-hydrogen) atoms. The normalized spacial score (nSPS) is 14.8. The standard InChI is InChI=1S/C26H34FN3O5S/c1-4-35-24-16-10-9-15-23(24)30(36(3,33)34)18-25(31)29(17-20-11-5-8-14-22(20)27)19(2)26(32)28-21-12-6-7-13-21/h5,8-11,14-16,19,21H,4,6-7,12-13,17-18H2,1-3H3,(H,28,32). The first-order valence-electron chi connectivity index (χ1n) is 12.1. The van der Waals surface area contributed by atoms with Gasteiger partial charge in [-0.3, -0.25) is 13.9 Å². The predicted octanol–water partition coefficient (Wildman–Crippen LogP) is 3.47. The molecule has 0 radical (unpaired) electrons. The summed E-state index contributed by atoms with van der Waals surface area (Å²) in [5.74, 6) is -1.19. The molecule has 1 fully saturated rings. The SMILES string of the molecule is CCOc1ccccc1N(CC(=O)N(Cc1ccccc1F)C(C)C(=O)NC1CCCC1)S(C)(=O)=O. The van der Waals surface area contributed by atoms with E-state index in [0.717, 1.165) is 36.2 Å². The zero-order chi connectivity index (χ0) is 26.3. The lowest BCUT2D eigenvalue weighted by Crippen LogP contribution is -2.52. The lowest BCUT2D eigenvalue weighted by Gasteiger charge is -2.32. The number of nitrogens with one attached hydrogen (secondary N) is 1. The molecule has 1 aliphatic rings. The van der Waals surface area contributed by atoms with Crippen molar-refractivity contribution in [2.24, 2.45) is 0 Å². The van der Waals surface area contributed by atoms with Crippen LogP contribution in [-0.2, 0) is 26.2 Å². The summed E-state index contributed by atoms with van der Waals surface area (Å²) < 4.78 is 46.5. The van der Waals surface area contributed by atoms with Crippen molar-refractivity contribution >= 4 is 27.5 Å². The van der Waals surface area contributed by atoms with Crippen LogP contribution in [-0.4, -0.2) is 56.6 Å². The fraction of sp³-hybridized carbons (Fsp3) is 0.462. The first kappa shape index (κ1) is 27.4. The lowest BCUT2D eigenvalue weighted by molar-refractivity contribution is -0.139. The predicted molar refractivity (Wildman–Crippen MR) is 137 cm³/mol. The van der Waals surface area contributed by atoms with E-state index in [4.69, 9.17) is 4.74 Å². The van der Waals surface area contributed by atoms with Crippen molar-refractivity contribution < 1.29 is 27.1 Å². The van der Waals surface area contributed by atoms with Crippen molar-refractivity contribution in [2.75, 3.05) is 23.7 Å². The van der Waals surface area contributed by atoms with Crippen LogP contribution < -0.4 is 14.4 Å². The van der Waals surface area contributed by atoms with Gasteiger partial charge in [0.25, 0.3) is 0 Å². The Balaban J connectivity index is 1.92. The minimum absolute atomic E-state index is 0.0379. The molecule has 196 valence electrons. The topological polar surface area (TPSA) is 96.0 Å². The molecular weight excluding hydrogens is 485 g/mol. The molecule has 2 aromatic carbocycles. The fourth-order valence-corrected chi connectivity index (χ4v) is 5.17. The smallest absolute Gasteiger partial charge is 0.244 e. The summed E-state index contributed by atoms with van der Waals surface area (Å²) in [5, 5.41) is 2.98.